The first-order valence-electron chi connectivity index (χ1n) is 4.68. The number of hydrogen-bond acceptors (Lipinski definition) is 3. The molecule has 78 valence electrons. The molecule has 2 heterocycles. The van der Waals surface area contributed by atoms with Gasteiger partial charge in [0, 0.05) is 17.5 Å². The maximum Gasteiger partial charge on any atom is 0.162 e. The maximum absolute atomic E-state index is 5.99. The molecular formula is C11H11ClN2O. The van der Waals surface area contributed by atoms with Gasteiger partial charge in [0.25, 0.3) is 0 Å². The molecule has 0 fully saturated rings. The molecule has 0 N–H and O–H groups in total. The fourth-order valence-corrected chi connectivity index (χ4v) is 1.61. The summed E-state index contributed by atoms with van der Waals surface area (Å²) < 4.78 is 4.98. The third kappa shape index (κ3) is 2.02. The van der Waals surface area contributed by atoms with E-state index < -0.39 is 0 Å². The Balaban J connectivity index is 2.42. The van der Waals surface area contributed by atoms with E-state index in [1.165, 1.54) is 0 Å². The van der Waals surface area contributed by atoms with E-state index in [1.54, 1.807) is 18.7 Å². The van der Waals surface area contributed by atoms with E-state index in [-0.39, 0.29) is 5.38 Å². The van der Waals surface area contributed by atoms with E-state index in [9.17, 15) is 0 Å². The Hall–Kier alpha value is -1.35. The van der Waals surface area contributed by atoms with Gasteiger partial charge in [-0.05, 0) is 19.9 Å². The number of halogens is 1. The van der Waals surface area contributed by atoms with Crippen LogP contribution in [0.2, 0.25) is 0 Å². The molecule has 0 aliphatic heterocycles. The average molecular weight is 223 g/mol. The lowest BCUT2D eigenvalue weighted by molar-refractivity contribution is 0.568. The van der Waals surface area contributed by atoms with E-state index in [2.05, 4.69) is 9.97 Å². The minimum absolute atomic E-state index is 0.0663. The minimum Gasteiger partial charge on any atom is -0.472 e. The third-order valence-corrected chi connectivity index (χ3v) is 2.46. The first-order chi connectivity index (χ1) is 7.18. The highest BCUT2D eigenvalue weighted by molar-refractivity contribution is 6.20. The zero-order chi connectivity index (χ0) is 10.8. The van der Waals surface area contributed by atoms with E-state index >= 15 is 0 Å². The molecule has 1 atom stereocenters. The van der Waals surface area contributed by atoms with Crippen LogP contribution >= 0.6 is 11.6 Å². The van der Waals surface area contributed by atoms with Crippen LogP contribution < -0.4 is 0 Å². The first-order valence-corrected chi connectivity index (χ1v) is 5.12. The quantitative estimate of drug-likeness (QED) is 0.732. The monoisotopic (exact) mass is 222 g/mol. The Morgan fingerprint density at radius 3 is 2.80 bits per heavy atom. The van der Waals surface area contributed by atoms with Crippen molar-refractivity contribution in [3.8, 4) is 11.4 Å². The standard InChI is InChI=1S/C11H11ClN2O/c1-7(12)10-5-13-11(14-8(10)2)9-3-4-15-6-9/h3-7H,1-2H3. The van der Waals surface area contributed by atoms with Gasteiger partial charge in [0.15, 0.2) is 5.82 Å². The zero-order valence-electron chi connectivity index (χ0n) is 8.57. The molecular weight excluding hydrogens is 212 g/mol. The molecule has 0 aliphatic rings. The van der Waals surface area contributed by atoms with Crippen LogP contribution in [0.4, 0.5) is 0 Å². The van der Waals surface area contributed by atoms with Crippen molar-refractivity contribution in [3.63, 3.8) is 0 Å². The molecule has 0 spiro atoms. The van der Waals surface area contributed by atoms with Gasteiger partial charge >= 0.3 is 0 Å². The van der Waals surface area contributed by atoms with Crippen molar-refractivity contribution >= 4 is 11.6 Å². The van der Waals surface area contributed by atoms with Gasteiger partial charge < -0.3 is 4.42 Å². The molecule has 0 amide bonds. The van der Waals surface area contributed by atoms with Crippen molar-refractivity contribution in [2.75, 3.05) is 0 Å². The van der Waals surface area contributed by atoms with Crippen LogP contribution in [0.15, 0.2) is 29.2 Å². The topological polar surface area (TPSA) is 38.9 Å². The number of nitrogens with zero attached hydrogens (tertiary/aromatic N) is 2. The van der Waals surface area contributed by atoms with Crippen LogP contribution in [0.25, 0.3) is 11.4 Å². The molecule has 2 rings (SSSR count). The number of alkyl halides is 1. The Morgan fingerprint density at radius 1 is 1.47 bits per heavy atom. The number of aryl methyl sites for hydroxylation is 1. The summed E-state index contributed by atoms with van der Waals surface area (Å²) in [7, 11) is 0. The summed E-state index contributed by atoms with van der Waals surface area (Å²) in [5, 5.41) is -0.0663. The Kier molecular flexibility index (Phi) is 2.73. The molecule has 0 saturated carbocycles. The number of aromatic nitrogens is 2. The van der Waals surface area contributed by atoms with Crippen molar-refractivity contribution in [1.82, 2.24) is 9.97 Å². The smallest absolute Gasteiger partial charge is 0.162 e. The highest BCUT2D eigenvalue weighted by atomic mass is 35.5. The molecule has 1 unspecified atom stereocenters. The van der Waals surface area contributed by atoms with Gasteiger partial charge in [0.05, 0.1) is 17.2 Å². The summed E-state index contributed by atoms with van der Waals surface area (Å²) >= 11 is 5.99. The van der Waals surface area contributed by atoms with Crippen LogP contribution in [-0.4, -0.2) is 9.97 Å². The van der Waals surface area contributed by atoms with Gasteiger partial charge in [0.1, 0.15) is 6.26 Å². The Bertz CT molecular complexity index is 452. The Labute approximate surface area is 93.1 Å². The van der Waals surface area contributed by atoms with Crippen molar-refractivity contribution in [2.24, 2.45) is 0 Å². The molecule has 0 saturated heterocycles. The van der Waals surface area contributed by atoms with Gasteiger partial charge in [-0.1, -0.05) is 0 Å². The summed E-state index contributed by atoms with van der Waals surface area (Å²) in [6.07, 6.45) is 4.99. The van der Waals surface area contributed by atoms with Crippen molar-refractivity contribution in [2.45, 2.75) is 19.2 Å². The molecule has 0 aliphatic carbocycles. The number of furan rings is 1. The van der Waals surface area contributed by atoms with Gasteiger partial charge in [-0.2, -0.15) is 0 Å². The zero-order valence-corrected chi connectivity index (χ0v) is 9.32. The highest BCUT2D eigenvalue weighted by Crippen LogP contribution is 2.23. The van der Waals surface area contributed by atoms with Crippen LogP contribution in [0.3, 0.4) is 0 Å². The summed E-state index contributed by atoms with van der Waals surface area (Å²) in [6, 6.07) is 1.83. The molecule has 0 radical (unpaired) electrons. The van der Waals surface area contributed by atoms with E-state index in [1.807, 2.05) is 19.9 Å². The maximum atomic E-state index is 5.99. The summed E-state index contributed by atoms with van der Waals surface area (Å²) in [5.41, 5.74) is 2.75. The van der Waals surface area contributed by atoms with Gasteiger partial charge in [-0.3, -0.25) is 0 Å². The minimum atomic E-state index is -0.0663. The van der Waals surface area contributed by atoms with Crippen LogP contribution in [0.5, 0.6) is 0 Å². The predicted octanol–water partition coefficient (Wildman–Crippen LogP) is 3.34. The fourth-order valence-electron chi connectivity index (χ4n) is 1.40. The predicted molar refractivity (Wildman–Crippen MR) is 58.7 cm³/mol. The molecule has 2 aromatic rings. The largest absolute Gasteiger partial charge is 0.472 e. The second-order valence-corrected chi connectivity index (χ2v) is 4.02. The lowest BCUT2D eigenvalue weighted by Gasteiger charge is -2.07. The Morgan fingerprint density at radius 2 is 2.27 bits per heavy atom. The van der Waals surface area contributed by atoms with Gasteiger partial charge in [0.2, 0.25) is 0 Å². The van der Waals surface area contributed by atoms with Crippen molar-refractivity contribution in [3.05, 3.63) is 36.0 Å². The van der Waals surface area contributed by atoms with Gasteiger partial charge in [-0.15, -0.1) is 11.6 Å². The average Bonchev–Trinajstić information content (AvgIpc) is 2.69. The lowest BCUT2D eigenvalue weighted by Crippen LogP contribution is -1.97. The normalized spacial score (nSPS) is 12.7. The summed E-state index contributed by atoms with van der Waals surface area (Å²) in [4.78, 5) is 8.63. The molecule has 0 aromatic carbocycles. The van der Waals surface area contributed by atoms with Crippen LogP contribution in [0, 0.1) is 6.92 Å². The van der Waals surface area contributed by atoms with E-state index in [0.29, 0.717) is 5.82 Å². The molecule has 4 heteroatoms. The third-order valence-electron chi connectivity index (χ3n) is 2.23. The number of rotatable bonds is 2. The summed E-state index contributed by atoms with van der Waals surface area (Å²) in [5.74, 6) is 0.669. The second kappa shape index (κ2) is 4.03. The second-order valence-electron chi connectivity index (χ2n) is 3.36. The van der Waals surface area contributed by atoms with E-state index in [0.717, 1.165) is 16.8 Å². The SMILES string of the molecule is Cc1nc(-c2ccoc2)ncc1C(C)Cl. The lowest BCUT2D eigenvalue weighted by atomic mass is 10.2. The van der Waals surface area contributed by atoms with Gasteiger partial charge in [-0.25, -0.2) is 9.97 Å². The summed E-state index contributed by atoms with van der Waals surface area (Å²) in [6.45, 7) is 3.84. The van der Waals surface area contributed by atoms with Crippen LogP contribution in [-0.2, 0) is 0 Å². The number of hydrogen-bond donors (Lipinski definition) is 0. The molecule has 2 aromatic heterocycles. The van der Waals surface area contributed by atoms with Crippen molar-refractivity contribution in [1.29, 1.82) is 0 Å². The molecule has 15 heavy (non-hydrogen) atoms. The molecule has 3 nitrogen and oxygen atoms in total. The first kappa shape index (κ1) is 10.2. The van der Waals surface area contributed by atoms with Crippen LogP contribution in [0.1, 0.15) is 23.6 Å². The molecule has 0 bridgehead atoms. The van der Waals surface area contributed by atoms with Crippen molar-refractivity contribution < 1.29 is 4.42 Å². The highest BCUT2D eigenvalue weighted by Gasteiger charge is 2.09. The van der Waals surface area contributed by atoms with E-state index in [4.69, 9.17) is 16.0 Å². The fraction of sp³-hybridized carbons (Fsp3) is 0.273.